The maximum atomic E-state index is 12.6. The van der Waals surface area contributed by atoms with Gasteiger partial charge in [-0.25, -0.2) is 8.42 Å². The van der Waals surface area contributed by atoms with Crippen LogP contribution < -0.4 is 4.74 Å². The fourth-order valence-electron chi connectivity index (χ4n) is 2.67. The van der Waals surface area contributed by atoms with Crippen LogP contribution >= 0.6 is 0 Å². The van der Waals surface area contributed by atoms with Crippen LogP contribution in [0.3, 0.4) is 0 Å². The molecule has 0 atom stereocenters. The third kappa shape index (κ3) is 5.06. The van der Waals surface area contributed by atoms with Gasteiger partial charge in [0.05, 0.1) is 16.4 Å². The third-order valence-corrected chi connectivity index (χ3v) is 6.26. The van der Waals surface area contributed by atoms with Gasteiger partial charge in [0.2, 0.25) is 15.8 Å². The van der Waals surface area contributed by atoms with Crippen LogP contribution in [0.5, 0.6) is 11.5 Å². The number of benzene rings is 2. The molecule has 0 saturated carbocycles. The Hall–Kier alpha value is -2.49. The number of hydrogen-bond acceptors (Lipinski definition) is 6. The molecule has 0 unspecified atom stereocenters. The summed E-state index contributed by atoms with van der Waals surface area (Å²) in [6.45, 7) is 4.57. The molecule has 9 heteroatoms. The van der Waals surface area contributed by atoms with Gasteiger partial charge in [0.1, 0.15) is 5.75 Å². The molecule has 0 aliphatic carbocycles. The average Bonchev–Trinajstić information content (AvgIpc) is 2.68. The lowest BCUT2D eigenvalue weighted by Gasteiger charge is -2.18. The highest BCUT2D eigenvalue weighted by atomic mass is 32.2. The summed E-state index contributed by atoms with van der Waals surface area (Å²) in [6, 6.07) is 10.8. The van der Waals surface area contributed by atoms with Crippen molar-refractivity contribution in [1.82, 2.24) is 4.31 Å². The Morgan fingerprint density at radius 3 is 2.25 bits per heavy atom. The summed E-state index contributed by atoms with van der Waals surface area (Å²) in [5, 5.41) is 11.5. The van der Waals surface area contributed by atoms with E-state index in [1.165, 1.54) is 16.4 Å². The molecular formula is C19H24N2O6S. The van der Waals surface area contributed by atoms with Crippen molar-refractivity contribution in [2.75, 3.05) is 26.8 Å². The van der Waals surface area contributed by atoms with Crippen LogP contribution in [0.15, 0.2) is 47.4 Å². The van der Waals surface area contributed by atoms with Crippen molar-refractivity contribution in [2.45, 2.75) is 25.2 Å². The van der Waals surface area contributed by atoms with E-state index in [1.807, 2.05) is 12.1 Å². The molecule has 0 spiro atoms. The van der Waals surface area contributed by atoms with E-state index in [-0.39, 0.29) is 23.7 Å². The number of rotatable bonds is 10. The molecular weight excluding hydrogens is 384 g/mol. The largest absolute Gasteiger partial charge is 0.450 e. The van der Waals surface area contributed by atoms with E-state index >= 15 is 0 Å². The summed E-state index contributed by atoms with van der Waals surface area (Å²) in [5.41, 5.74) is 0.640. The predicted octanol–water partition coefficient (Wildman–Crippen LogP) is 3.61. The van der Waals surface area contributed by atoms with Gasteiger partial charge in [-0.2, -0.15) is 4.31 Å². The van der Waals surface area contributed by atoms with Crippen molar-refractivity contribution in [2.24, 2.45) is 0 Å². The molecule has 0 aliphatic heterocycles. The second-order valence-electron chi connectivity index (χ2n) is 5.96. The minimum absolute atomic E-state index is 0.0202. The van der Waals surface area contributed by atoms with E-state index in [9.17, 15) is 18.5 Å². The van der Waals surface area contributed by atoms with E-state index in [0.29, 0.717) is 12.4 Å². The molecule has 0 amide bonds. The number of nitro groups is 1. The number of ether oxygens (including phenoxy) is 2. The van der Waals surface area contributed by atoms with Crippen molar-refractivity contribution >= 4 is 15.7 Å². The van der Waals surface area contributed by atoms with Crippen molar-refractivity contribution < 1.29 is 22.8 Å². The van der Waals surface area contributed by atoms with E-state index in [1.54, 1.807) is 33.1 Å². The zero-order valence-electron chi connectivity index (χ0n) is 16.1. The van der Waals surface area contributed by atoms with Crippen molar-refractivity contribution in [1.29, 1.82) is 0 Å². The first-order valence-electron chi connectivity index (χ1n) is 8.87. The van der Waals surface area contributed by atoms with Gasteiger partial charge in [0.25, 0.3) is 0 Å². The molecule has 0 saturated heterocycles. The van der Waals surface area contributed by atoms with Gasteiger partial charge < -0.3 is 9.47 Å². The molecule has 0 bridgehead atoms. The standard InChI is InChI=1S/C19H24N2O6S/c1-4-20(5-2)28(24,25)17-10-11-19(18(14-17)21(22)23)27-16-8-6-15(7-9-16)12-13-26-3/h6-11,14H,4-5,12-13H2,1-3H3. The summed E-state index contributed by atoms with van der Waals surface area (Å²) in [7, 11) is -2.17. The van der Waals surface area contributed by atoms with Gasteiger partial charge in [0, 0.05) is 26.3 Å². The molecule has 0 N–H and O–H groups in total. The Morgan fingerprint density at radius 1 is 1.07 bits per heavy atom. The fourth-order valence-corrected chi connectivity index (χ4v) is 4.15. The Kier molecular flexibility index (Phi) is 7.50. The second-order valence-corrected chi connectivity index (χ2v) is 7.90. The number of hydrogen-bond donors (Lipinski definition) is 0. The summed E-state index contributed by atoms with van der Waals surface area (Å²) in [6.07, 6.45) is 0.745. The van der Waals surface area contributed by atoms with Crippen LogP contribution in [-0.4, -0.2) is 44.5 Å². The smallest absolute Gasteiger partial charge is 0.312 e. The van der Waals surface area contributed by atoms with Gasteiger partial charge in [-0.1, -0.05) is 26.0 Å². The molecule has 2 aromatic carbocycles. The fraction of sp³-hybridized carbons (Fsp3) is 0.368. The van der Waals surface area contributed by atoms with Gasteiger partial charge >= 0.3 is 5.69 Å². The molecule has 28 heavy (non-hydrogen) atoms. The summed E-state index contributed by atoms with van der Waals surface area (Å²) >= 11 is 0. The lowest BCUT2D eigenvalue weighted by molar-refractivity contribution is -0.385. The topological polar surface area (TPSA) is 99.0 Å². The maximum Gasteiger partial charge on any atom is 0.312 e. The summed E-state index contributed by atoms with van der Waals surface area (Å²) in [4.78, 5) is 10.7. The van der Waals surface area contributed by atoms with E-state index in [0.717, 1.165) is 18.1 Å². The number of sulfonamides is 1. The van der Waals surface area contributed by atoms with Crippen LogP contribution in [0.4, 0.5) is 5.69 Å². The second kappa shape index (κ2) is 9.63. The molecule has 2 aromatic rings. The van der Waals surface area contributed by atoms with Gasteiger partial charge in [0.15, 0.2) is 0 Å². The zero-order valence-corrected chi connectivity index (χ0v) is 16.9. The summed E-state index contributed by atoms with van der Waals surface area (Å²) < 4.78 is 37.1. The van der Waals surface area contributed by atoms with Crippen molar-refractivity contribution in [3.05, 3.63) is 58.1 Å². The molecule has 0 radical (unpaired) electrons. The van der Waals surface area contributed by atoms with E-state index in [4.69, 9.17) is 9.47 Å². The van der Waals surface area contributed by atoms with Crippen LogP contribution in [0.2, 0.25) is 0 Å². The molecule has 0 heterocycles. The Morgan fingerprint density at radius 2 is 1.71 bits per heavy atom. The lowest BCUT2D eigenvalue weighted by atomic mass is 10.1. The van der Waals surface area contributed by atoms with Crippen LogP contribution in [0, 0.1) is 10.1 Å². The first-order chi connectivity index (χ1) is 13.3. The predicted molar refractivity (Wildman–Crippen MR) is 105 cm³/mol. The maximum absolute atomic E-state index is 12.6. The number of nitro benzene ring substituents is 1. The SMILES string of the molecule is CCN(CC)S(=O)(=O)c1ccc(Oc2ccc(CCOC)cc2)c([N+](=O)[O-])c1. The van der Waals surface area contributed by atoms with Gasteiger partial charge in [-0.15, -0.1) is 0 Å². The first-order valence-corrected chi connectivity index (χ1v) is 10.3. The Balaban J connectivity index is 2.32. The molecule has 0 fully saturated rings. The van der Waals surface area contributed by atoms with Crippen LogP contribution in [0.25, 0.3) is 0 Å². The molecule has 8 nitrogen and oxygen atoms in total. The Labute approximate surface area is 164 Å². The minimum atomic E-state index is -3.80. The minimum Gasteiger partial charge on any atom is -0.450 e. The van der Waals surface area contributed by atoms with Crippen LogP contribution in [0.1, 0.15) is 19.4 Å². The normalized spacial score (nSPS) is 11.6. The molecule has 0 aliphatic rings. The highest BCUT2D eigenvalue weighted by Crippen LogP contribution is 2.34. The van der Waals surface area contributed by atoms with E-state index < -0.39 is 20.6 Å². The quantitative estimate of drug-likeness (QED) is 0.440. The van der Waals surface area contributed by atoms with Gasteiger partial charge in [-0.3, -0.25) is 10.1 Å². The van der Waals surface area contributed by atoms with Crippen molar-refractivity contribution in [3.63, 3.8) is 0 Å². The molecule has 152 valence electrons. The van der Waals surface area contributed by atoms with Crippen LogP contribution in [-0.2, 0) is 21.2 Å². The highest BCUT2D eigenvalue weighted by Gasteiger charge is 2.26. The van der Waals surface area contributed by atoms with Gasteiger partial charge in [-0.05, 0) is 36.2 Å². The zero-order chi connectivity index (χ0) is 20.7. The number of nitrogens with zero attached hydrogens (tertiary/aromatic N) is 2. The lowest BCUT2D eigenvalue weighted by Crippen LogP contribution is -2.30. The summed E-state index contributed by atoms with van der Waals surface area (Å²) in [5.74, 6) is 0.400. The molecule has 0 aromatic heterocycles. The number of methoxy groups -OCH3 is 1. The molecule has 2 rings (SSSR count). The third-order valence-electron chi connectivity index (χ3n) is 4.22. The van der Waals surface area contributed by atoms with Crippen molar-refractivity contribution in [3.8, 4) is 11.5 Å². The van der Waals surface area contributed by atoms with E-state index in [2.05, 4.69) is 0 Å². The monoisotopic (exact) mass is 408 g/mol. The Bertz CT molecular complexity index is 909. The average molecular weight is 408 g/mol. The first kappa shape index (κ1) is 21.8. The highest BCUT2D eigenvalue weighted by molar-refractivity contribution is 7.89.